The van der Waals surface area contributed by atoms with E-state index in [-0.39, 0.29) is 23.2 Å². The molecule has 1 saturated heterocycles. The number of carbonyl (C=O) groups excluding carboxylic acids is 1. The number of amides is 1. The van der Waals surface area contributed by atoms with Crippen molar-refractivity contribution in [2.45, 2.75) is 12.5 Å². The van der Waals surface area contributed by atoms with Gasteiger partial charge in [0.25, 0.3) is 5.91 Å². The first kappa shape index (κ1) is 18.8. The minimum atomic E-state index is -3.12. The molecule has 1 aliphatic heterocycles. The molecule has 4 aromatic heterocycles. The van der Waals surface area contributed by atoms with Crippen LogP contribution in [0.3, 0.4) is 0 Å². The van der Waals surface area contributed by atoms with Crippen LogP contribution in [0.2, 0.25) is 0 Å². The zero-order chi connectivity index (χ0) is 20.7. The van der Waals surface area contributed by atoms with Crippen LogP contribution in [0.25, 0.3) is 22.9 Å². The van der Waals surface area contributed by atoms with Crippen molar-refractivity contribution in [3.8, 4) is 22.9 Å². The average molecular weight is 444 g/mol. The molecule has 4 aromatic rings. The number of furan rings is 2. The Kier molecular flexibility index (Phi) is 4.55. The second-order valence-corrected chi connectivity index (χ2v) is 9.95. The molecule has 0 radical (unpaired) electrons. The fourth-order valence-electron chi connectivity index (χ4n) is 3.39. The first-order chi connectivity index (χ1) is 14.5. The Morgan fingerprint density at radius 2 is 1.97 bits per heavy atom. The minimum Gasteiger partial charge on any atom is -0.463 e. The van der Waals surface area contributed by atoms with Gasteiger partial charge in [-0.05, 0) is 30.7 Å². The summed E-state index contributed by atoms with van der Waals surface area (Å²) in [7, 11) is -3.12. The first-order valence-corrected chi connectivity index (χ1v) is 11.8. The molecule has 1 fully saturated rings. The number of hydrogen-bond acceptors (Lipinski definition) is 8. The van der Waals surface area contributed by atoms with E-state index in [1.165, 1.54) is 17.6 Å². The maximum absolute atomic E-state index is 12.8. The van der Waals surface area contributed by atoms with Crippen molar-refractivity contribution in [2.24, 2.45) is 0 Å². The molecule has 1 aliphatic rings. The summed E-state index contributed by atoms with van der Waals surface area (Å²) in [5.41, 5.74) is 1.33. The second kappa shape index (κ2) is 7.26. The molecule has 1 atom stereocenters. The van der Waals surface area contributed by atoms with Gasteiger partial charge in [0.05, 0.1) is 30.1 Å². The Morgan fingerprint density at radius 1 is 1.20 bits per heavy atom. The summed E-state index contributed by atoms with van der Waals surface area (Å²) in [6.07, 6.45) is 3.51. The number of hydrogen-bond donors (Lipinski definition) is 1. The summed E-state index contributed by atoms with van der Waals surface area (Å²) in [6, 6.07) is 8.27. The highest BCUT2D eigenvalue weighted by molar-refractivity contribution is 7.91. The van der Waals surface area contributed by atoms with Gasteiger partial charge in [0.2, 0.25) is 0 Å². The van der Waals surface area contributed by atoms with Crippen LogP contribution in [0.4, 0.5) is 5.13 Å². The fraction of sp³-hybridized carbons (Fsp3) is 0.211. The third-order valence-electron chi connectivity index (χ3n) is 4.79. The summed E-state index contributed by atoms with van der Waals surface area (Å²) < 4.78 is 36.2. The van der Waals surface area contributed by atoms with Gasteiger partial charge < -0.3 is 8.83 Å². The maximum Gasteiger partial charge on any atom is 0.277 e. The number of anilines is 1. The standard InChI is InChI=1S/C19H16N4O5S2/c24-18(21-19-20-14(10-29-19)16-3-1-6-27-16)13-9-15(17-4-2-7-28-17)23(22-13)12-5-8-30(25,26)11-12/h1-4,6-7,9-10,12H,5,8,11H2,(H,20,21,24). The van der Waals surface area contributed by atoms with Crippen molar-refractivity contribution in [1.82, 2.24) is 14.8 Å². The van der Waals surface area contributed by atoms with Crippen LogP contribution in [0.5, 0.6) is 0 Å². The lowest BCUT2D eigenvalue weighted by molar-refractivity contribution is 0.102. The topological polar surface area (TPSA) is 120 Å². The van der Waals surface area contributed by atoms with E-state index in [9.17, 15) is 13.2 Å². The van der Waals surface area contributed by atoms with Crippen LogP contribution in [0, 0.1) is 0 Å². The van der Waals surface area contributed by atoms with Gasteiger partial charge >= 0.3 is 0 Å². The van der Waals surface area contributed by atoms with Crippen LogP contribution in [-0.4, -0.2) is 40.6 Å². The summed E-state index contributed by atoms with van der Waals surface area (Å²) in [4.78, 5) is 17.1. The lowest BCUT2D eigenvalue weighted by Gasteiger charge is -2.11. The lowest BCUT2D eigenvalue weighted by atomic mass is 10.2. The molecule has 5 rings (SSSR count). The SMILES string of the molecule is O=C(Nc1nc(-c2ccco2)cs1)c1cc(-c2ccco2)n(C2CCS(=O)(=O)C2)n1. The number of carbonyl (C=O) groups is 1. The molecule has 0 spiro atoms. The van der Waals surface area contributed by atoms with Crippen LogP contribution in [-0.2, 0) is 9.84 Å². The lowest BCUT2D eigenvalue weighted by Crippen LogP contribution is -2.16. The van der Waals surface area contributed by atoms with Crippen LogP contribution in [0.1, 0.15) is 23.0 Å². The highest BCUT2D eigenvalue weighted by Crippen LogP contribution is 2.31. The van der Waals surface area contributed by atoms with E-state index in [0.29, 0.717) is 34.5 Å². The van der Waals surface area contributed by atoms with E-state index in [0.717, 1.165) is 0 Å². The summed E-state index contributed by atoms with van der Waals surface area (Å²) in [6.45, 7) is 0. The Hall–Kier alpha value is -3.18. The largest absolute Gasteiger partial charge is 0.463 e. The van der Waals surface area contributed by atoms with Crippen molar-refractivity contribution in [1.29, 1.82) is 0 Å². The van der Waals surface area contributed by atoms with Crippen LogP contribution >= 0.6 is 11.3 Å². The minimum absolute atomic E-state index is 0.0115. The van der Waals surface area contributed by atoms with Crippen LogP contribution < -0.4 is 5.32 Å². The molecule has 9 nitrogen and oxygen atoms in total. The molecule has 30 heavy (non-hydrogen) atoms. The normalized spacial score (nSPS) is 17.9. The van der Waals surface area contributed by atoms with Crippen molar-refractivity contribution in [3.05, 3.63) is 53.9 Å². The van der Waals surface area contributed by atoms with Gasteiger partial charge in [0, 0.05) is 11.4 Å². The smallest absolute Gasteiger partial charge is 0.277 e. The van der Waals surface area contributed by atoms with Gasteiger partial charge in [-0.1, -0.05) is 0 Å². The second-order valence-electron chi connectivity index (χ2n) is 6.86. The highest BCUT2D eigenvalue weighted by Gasteiger charge is 2.32. The van der Waals surface area contributed by atoms with Gasteiger partial charge in [-0.3, -0.25) is 14.8 Å². The Morgan fingerprint density at radius 3 is 2.63 bits per heavy atom. The molecule has 0 saturated carbocycles. The summed E-state index contributed by atoms with van der Waals surface area (Å²) >= 11 is 1.27. The number of nitrogens with zero attached hydrogens (tertiary/aromatic N) is 3. The molecule has 1 N–H and O–H groups in total. The van der Waals surface area contributed by atoms with E-state index in [1.807, 2.05) is 0 Å². The number of nitrogens with one attached hydrogen (secondary N) is 1. The van der Waals surface area contributed by atoms with E-state index in [2.05, 4.69) is 15.4 Å². The summed E-state index contributed by atoms with van der Waals surface area (Å²) in [5, 5.41) is 9.33. The van der Waals surface area contributed by atoms with E-state index in [1.54, 1.807) is 46.7 Å². The monoisotopic (exact) mass is 444 g/mol. The quantitative estimate of drug-likeness (QED) is 0.500. The molecule has 0 bridgehead atoms. The third-order valence-corrected chi connectivity index (χ3v) is 7.30. The predicted octanol–water partition coefficient (Wildman–Crippen LogP) is 3.47. The van der Waals surface area contributed by atoms with Crippen molar-refractivity contribution < 1.29 is 22.0 Å². The molecular formula is C19H16N4O5S2. The molecular weight excluding hydrogens is 428 g/mol. The number of sulfone groups is 1. The van der Waals surface area contributed by atoms with Gasteiger partial charge in [-0.15, -0.1) is 11.3 Å². The van der Waals surface area contributed by atoms with Gasteiger partial charge in [-0.2, -0.15) is 5.10 Å². The highest BCUT2D eigenvalue weighted by atomic mass is 32.2. The predicted molar refractivity (Wildman–Crippen MR) is 110 cm³/mol. The van der Waals surface area contributed by atoms with Crippen LogP contribution in [0.15, 0.2) is 57.1 Å². The van der Waals surface area contributed by atoms with Gasteiger partial charge in [0.1, 0.15) is 11.4 Å². The molecule has 154 valence electrons. The molecule has 11 heteroatoms. The number of thiazole rings is 1. The molecule has 0 aromatic carbocycles. The molecule has 0 aliphatic carbocycles. The maximum atomic E-state index is 12.8. The molecule has 5 heterocycles. The Bertz CT molecular complexity index is 1290. The Labute approximate surface area is 175 Å². The fourth-order valence-corrected chi connectivity index (χ4v) is 5.78. The van der Waals surface area contributed by atoms with E-state index >= 15 is 0 Å². The average Bonchev–Trinajstić information content (AvgIpc) is 3.49. The molecule has 1 unspecified atom stereocenters. The van der Waals surface area contributed by atoms with Crippen molar-refractivity contribution in [2.75, 3.05) is 16.8 Å². The first-order valence-electron chi connectivity index (χ1n) is 9.13. The summed E-state index contributed by atoms with van der Waals surface area (Å²) in [5.74, 6) is 0.773. The van der Waals surface area contributed by atoms with Gasteiger partial charge in [-0.25, -0.2) is 13.4 Å². The zero-order valence-corrected chi connectivity index (χ0v) is 17.1. The Balaban J connectivity index is 1.43. The third kappa shape index (κ3) is 3.57. The van der Waals surface area contributed by atoms with E-state index < -0.39 is 15.7 Å². The number of aromatic nitrogens is 3. The van der Waals surface area contributed by atoms with Crippen molar-refractivity contribution in [3.63, 3.8) is 0 Å². The molecule has 1 amide bonds. The van der Waals surface area contributed by atoms with Gasteiger partial charge in [0.15, 0.2) is 32.2 Å². The zero-order valence-electron chi connectivity index (χ0n) is 15.5. The van der Waals surface area contributed by atoms with E-state index in [4.69, 9.17) is 8.83 Å². The number of rotatable bonds is 5. The van der Waals surface area contributed by atoms with Crippen molar-refractivity contribution >= 4 is 32.2 Å².